The molecule has 1 amide bonds. The maximum Gasteiger partial charge on any atom is 0.256 e. The van der Waals surface area contributed by atoms with Gasteiger partial charge in [-0.3, -0.25) is 4.79 Å². The fraction of sp³-hybridized carbons (Fsp3) is 0.438. The van der Waals surface area contributed by atoms with Gasteiger partial charge in [0.15, 0.2) is 6.23 Å². The molecule has 1 aromatic carbocycles. The zero-order valence-electron chi connectivity index (χ0n) is 11.8. The minimum Gasteiger partial charge on any atom is -0.369 e. The second-order valence-corrected chi connectivity index (χ2v) is 5.81. The molecular weight excluding hydrogens is 252 g/mol. The summed E-state index contributed by atoms with van der Waals surface area (Å²) in [5, 5.41) is 13.8. The summed E-state index contributed by atoms with van der Waals surface area (Å²) in [5.41, 5.74) is 2.59. The number of nitrogens with one attached hydrogen (secondary N) is 1. The van der Waals surface area contributed by atoms with E-state index in [1.807, 2.05) is 18.2 Å². The van der Waals surface area contributed by atoms with E-state index in [-0.39, 0.29) is 17.9 Å². The van der Waals surface area contributed by atoms with Crippen molar-refractivity contribution in [1.82, 2.24) is 10.2 Å². The van der Waals surface area contributed by atoms with Gasteiger partial charge in [-0.15, -0.1) is 0 Å². The first-order valence-corrected chi connectivity index (χ1v) is 7.05. The second-order valence-electron chi connectivity index (χ2n) is 5.81. The molecule has 0 radical (unpaired) electrons. The number of hydrogen-bond acceptors (Lipinski definition) is 3. The highest BCUT2D eigenvalue weighted by Gasteiger charge is 2.43. The van der Waals surface area contributed by atoms with Crippen molar-refractivity contribution >= 4 is 5.91 Å². The molecule has 2 aliphatic heterocycles. The zero-order valence-corrected chi connectivity index (χ0v) is 11.8. The minimum absolute atomic E-state index is 0.0137. The smallest absolute Gasteiger partial charge is 0.256 e. The minimum atomic E-state index is -0.823. The Morgan fingerprint density at radius 1 is 1.35 bits per heavy atom. The molecule has 20 heavy (non-hydrogen) atoms. The van der Waals surface area contributed by atoms with Crippen LogP contribution in [-0.4, -0.2) is 35.0 Å². The Hall–Kier alpha value is -1.65. The Kier molecular flexibility index (Phi) is 3.36. The Bertz CT molecular complexity index is 563. The number of aliphatic hydroxyl groups excluding tert-OH is 1. The van der Waals surface area contributed by atoms with E-state index in [1.54, 1.807) is 11.0 Å². The van der Waals surface area contributed by atoms with Crippen molar-refractivity contribution in [3.05, 3.63) is 47.0 Å². The molecule has 1 aromatic rings. The van der Waals surface area contributed by atoms with Gasteiger partial charge in [-0.1, -0.05) is 29.8 Å². The van der Waals surface area contributed by atoms with Gasteiger partial charge in [-0.2, -0.15) is 0 Å². The molecule has 2 N–H and O–H groups in total. The fourth-order valence-corrected chi connectivity index (χ4v) is 3.24. The lowest BCUT2D eigenvalue weighted by Gasteiger charge is -2.30. The van der Waals surface area contributed by atoms with E-state index < -0.39 is 6.23 Å². The van der Waals surface area contributed by atoms with Crippen LogP contribution >= 0.6 is 0 Å². The van der Waals surface area contributed by atoms with Crippen LogP contribution in [0, 0.1) is 5.92 Å². The average Bonchev–Trinajstić information content (AvgIpc) is 2.94. The Balaban J connectivity index is 1.92. The van der Waals surface area contributed by atoms with E-state index in [4.69, 9.17) is 0 Å². The Morgan fingerprint density at radius 3 is 2.80 bits per heavy atom. The van der Waals surface area contributed by atoms with Crippen LogP contribution in [0.3, 0.4) is 0 Å². The average molecular weight is 272 g/mol. The summed E-state index contributed by atoms with van der Waals surface area (Å²) >= 11 is 0. The van der Waals surface area contributed by atoms with Crippen LogP contribution in [0.2, 0.25) is 0 Å². The third-order valence-corrected chi connectivity index (χ3v) is 4.10. The lowest BCUT2D eigenvalue weighted by atomic mass is 9.99. The molecule has 106 valence electrons. The van der Waals surface area contributed by atoms with Gasteiger partial charge in [-0.25, -0.2) is 0 Å². The van der Waals surface area contributed by atoms with Crippen LogP contribution in [0.5, 0.6) is 0 Å². The lowest BCUT2D eigenvalue weighted by molar-refractivity contribution is -0.00460. The normalized spacial score (nSPS) is 28.6. The van der Waals surface area contributed by atoms with Crippen LogP contribution in [0.25, 0.3) is 0 Å². The largest absolute Gasteiger partial charge is 0.369 e. The molecular formula is C16H20N2O2. The molecule has 2 heterocycles. The Labute approximate surface area is 119 Å². The number of hydrogen-bond donors (Lipinski definition) is 2. The molecule has 1 saturated heterocycles. The summed E-state index contributed by atoms with van der Waals surface area (Å²) in [7, 11) is 0. The monoisotopic (exact) mass is 272 g/mol. The van der Waals surface area contributed by atoms with Gasteiger partial charge in [0.1, 0.15) is 0 Å². The second kappa shape index (κ2) is 5.04. The van der Waals surface area contributed by atoms with Crippen molar-refractivity contribution in [3.8, 4) is 0 Å². The molecule has 2 aliphatic rings. The van der Waals surface area contributed by atoms with E-state index in [2.05, 4.69) is 25.2 Å². The van der Waals surface area contributed by atoms with Gasteiger partial charge in [-0.05, 0) is 19.9 Å². The molecule has 4 nitrogen and oxygen atoms in total. The van der Waals surface area contributed by atoms with Gasteiger partial charge in [0.25, 0.3) is 5.91 Å². The lowest BCUT2D eigenvalue weighted by Crippen LogP contribution is -2.42. The number of amides is 1. The van der Waals surface area contributed by atoms with Crippen molar-refractivity contribution < 1.29 is 9.90 Å². The van der Waals surface area contributed by atoms with Gasteiger partial charge < -0.3 is 15.3 Å². The zero-order chi connectivity index (χ0) is 14.3. The van der Waals surface area contributed by atoms with E-state index in [1.165, 1.54) is 5.57 Å². The molecule has 0 spiro atoms. The molecule has 1 fully saturated rings. The van der Waals surface area contributed by atoms with Crippen LogP contribution in [0.1, 0.15) is 36.0 Å². The van der Waals surface area contributed by atoms with Crippen LogP contribution in [0.15, 0.2) is 35.9 Å². The first-order valence-electron chi connectivity index (χ1n) is 7.05. The third kappa shape index (κ3) is 2.05. The first kappa shape index (κ1) is 13.3. The Morgan fingerprint density at radius 2 is 2.10 bits per heavy atom. The quantitative estimate of drug-likeness (QED) is 0.806. The number of benzene rings is 1. The molecule has 0 bridgehead atoms. The number of fused-ring (bicyclic) bond motifs is 1. The van der Waals surface area contributed by atoms with E-state index in [9.17, 15) is 9.90 Å². The van der Waals surface area contributed by atoms with E-state index in [0.717, 1.165) is 18.7 Å². The van der Waals surface area contributed by atoms with Gasteiger partial charge in [0.05, 0.1) is 6.04 Å². The van der Waals surface area contributed by atoms with E-state index >= 15 is 0 Å². The number of carbonyl (C=O) groups excluding carboxylic acids is 1. The van der Waals surface area contributed by atoms with Gasteiger partial charge >= 0.3 is 0 Å². The highest BCUT2D eigenvalue weighted by molar-refractivity contribution is 5.99. The molecule has 4 heteroatoms. The van der Waals surface area contributed by atoms with Crippen molar-refractivity contribution in [2.75, 3.05) is 13.1 Å². The summed E-state index contributed by atoms with van der Waals surface area (Å²) in [4.78, 5) is 14.2. The SMILES string of the molecule is CC(C)=CC1CNCC1N1C(=O)c2ccccc2C1O. The summed E-state index contributed by atoms with van der Waals surface area (Å²) in [5.74, 6) is 0.196. The number of rotatable bonds is 2. The van der Waals surface area contributed by atoms with Crippen LogP contribution in [0.4, 0.5) is 0 Å². The van der Waals surface area contributed by atoms with Crippen LogP contribution in [-0.2, 0) is 0 Å². The number of nitrogens with zero attached hydrogens (tertiary/aromatic N) is 1. The molecule has 3 rings (SSSR count). The molecule has 3 atom stereocenters. The standard InChI is InChI=1S/C16H20N2O2/c1-10(2)7-11-8-17-9-14(11)18-15(19)12-5-3-4-6-13(12)16(18)20/h3-7,11,14-15,17,19H,8-9H2,1-2H3. The van der Waals surface area contributed by atoms with Gasteiger partial charge in [0, 0.05) is 30.1 Å². The third-order valence-electron chi connectivity index (χ3n) is 4.10. The highest BCUT2D eigenvalue weighted by atomic mass is 16.3. The first-order chi connectivity index (χ1) is 9.59. The van der Waals surface area contributed by atoms with Crippen molar-refractivity contribution in [2.24, 2.45) is 5.92 Å². The maximum absolute atomic E-state index is 12.5. The predicted octanol–water partition coefficient (Wildman–Crippen LogP) is 1.69. The molecule has 0 aromatic heterocycles. The van der Waals surface area contributed by atoms with Crippen molar-refractivity contribution in [1.29, 1.82) is 0 Å². The molecule has 3 unspecified atom stereocenters. The number of aliphatic hydroxyl groups is 1. The summed E-state index contributed by atoms with van der Waals surface area (Å²) in [6, 6.07) is 7.34. The van der Waals surface area contributed by atoms with Crippen molar-refractivity contribution in [3.63, 3.8) is 0 Å². The highest BCUT2D eigenvalue weighted by Crippen LogP contribution is 2.36. The van der Waals surface area contributed by atoms with Crippen molar-refractivity contribution in [2.45, 2.75) is 26.1 Å². The topological polar surface area (TPSA) is 52.6 Å². The molecule has 0 saturated carbocycles. The summed E-state index contributed by atoms with van der Waals surface area (Å²) < 4.78 is 0. The fourth-order valence-electron chi connectivity index (χ4n) is 3.24. The van der Waals surface area contributed by atoms with Crippen LogP contribution < -0.4 is 5.32 Å². The molecule has 0 aliphatic carbocycles. The van der Waals surface area contributed by atoms with E-state index in [0.29, 0.717) is 5.56 Å². The van der Waals surface area contributed by atoms with Gasteiger partial charge in [0.2, 0.25) is 0 Å². The number of carbonyl (C=O) groups is 1. The summed E-state index contributed by atoms with van der Waals surface area (Å²) in [6.07, 6.45) is 1.37. The summed E-state index contributed by atoms with van der Waals surface area (Å²) in [6.45, 7) is 5.70. The predicted molar refractivity (Wildman–Crippen MR) is 77.2 cm³/mol. The number of allylic oxidation sites excluding steroid dienone is 1. The maximum atomic E-state index is 12.5.